The molecule has 1 aromatic heterocycles. The Morgan fingerprint density at radius 2 is 1.84 bits per heavy atom. The van der Waals surface area contributed by atoms with Crippen molar-refractivity contribution in [2.45, 2.75) is 26.4 Å². The van der Waals surface area contributed by atoms with Crippen molar-refractivity contribution in [1.29, 1.82) is 0 Å². The Labute approximate surface area is 147 Å². The molecule has 0 saturated heterocycles. The van der Waals surface area contributed by atoms with E-state index in [1.54, 1.807) is 12.1 Å². The van der Waals surface area contributed by atoms with E-state index in [-0.39, 0.29) is 5.82 Å². The molecular formula is C21H22FN3. The predicted molar refractivity (Wildman–Crippen MR) is 100 cm³/mol. The van der Waals surface area contributed by atoms with Crippen LogP contribution in [0.5, 0.6) is 0 Å². The van der Waals surface area contributed by atoms with Gasteiger partial charge in [0, 0.05) is 44.2 Å². The maximum Gasteiger partial charge on any atom is 0.125 e. The highest BCUT2D eigenvalue weighted by molar-refractivity contribution is 5.93. The third kappa shape index (κ3) is 2.07. The summed E-state index contributed by atoms with van der Waals surface area (Å²) < 4.78 is 16.4. The molecule has 0 N–H and O–H groups in total. The summed E-state index contributed by atoms with van der Waals surface area (Å²) in [5.74, 6) is -0.176. The minimum atomic E-state index is -0.176. The largest absolute Gasteiger partial charge is 0.368 e. The van der Waals surface area contributed by atoms with Crippen LogP contribution < -0.4 is 4.90 Å². The lowest BCUT2D eigenvalue weighted by Gasteiger charge is -2.26. The first-order chi connectivity index (χ1) is 12.0. The minimum absolute atomic E-state index is 0.176. The molecule has 3 nitrogen and oxygen atoms in total. The van der Waals surface area contributed by atoms with Crippen molar-refractivity contribution in [3.63, 3.8) is 0 Å². The first-order valence-corrected chi connectivity index (χ1v) is 8.88. The van der Waals surface area contributed by atoms with E-state index in [2.05, 4.69) is 47.5 Å². The van der Waals surface area contributed by atoms with Gasteiger partial charge in [0.05, 0.1) is 16.9 Å². The van der Waals surface area contributed by atoms with Gasteiger partial charge in [0.2, 0.25) is 0 Å². The standard InChI is InChI=1S/C21H22FN3/c1-13-8-14-11-24(3)20-10-15(22)4-5-19(20)25-18-6-7-23(2)12-17(18)16(9-13)21(14)25/h4-5,8-10H,6-7,11-12H2,1-3H3. The molecule has 0 bridgehead atoms. The van der Waals surface area contributed by atoms with Crippen molar-refractivity contribution < 1.29 is 4.39 Å². The van der Waals surface area contributed by atoms with Gasteiger partial charge in [0.15, 0.2) is 0 Å². The van der Waals surface area contributed by atoms with Crippen LogP contribution in [0.1, 0.15) is 22.4 Å². The SMILES string of the molecule is Cc1cc2c3c(c1)c1c(n3-c3ccc(F)cc3N(C)C2)CCN(C)C1. The Balaban J connectivity index is 1.94. The zero-order valence-electron chi connectivity index (χ0n) is 14.9. The van der Waals surface area contributed by atoms with Crippen LogP contribution in [-0.2, 0) is 19.5 Å². The Morgan fingerprint density at radius 1 is 1.00 bits per heavy atom. The van der Waals surface area contributed by atoms with Crippen molar-refractivity contribution in [3.8, 4) is 5.69 Å². The highest BCUT2D eigenvalue weighted by Gasteiger charge is 2.28. The lowest BCUT2D eigenvalue weighted by Crippen LogP contribution is -2.27. The van der Waals surface area contributed by atoms with E-state index in [0.29, 0.717) is 0 Å². The molecule has 0 fully saturated rings. The molecule has 0 radical (unpaired) electrons. The van der Waals surface area contributed by atoms with E-state index in [0.717, 1.165) is 37.4 Å². The molecule has 0 spiro atoms. The quantitative estimate of drug-likeness (QED) is 0.615. The molecule has 3 aromatic rings. The van der Waals surface area contributed by atoms with Gasteiger partial charge in [-0.2, -0.15) is 0 Å². The van der Waals surface area contributed by atoms with Crippen LogP contribution in [0, 0.1) is 12.7 Å². The monoisotopic (exact) mass is 335 g/mol. The number of benzene rings is 2. The number of nitrogens with zero attached hydrogens (tertiary/aromatic N) is 3. The molecule has 2 aliphatic rings. The van der Waals surface area contributed by atoms with Gasteiger partial charge in [-0.15, -0.1) is 0 Å². The van der Waals surface area contributed by atoms with E-state index >= 15 is 0 Å². The van der Waals surface area contributed by atoms with Crippen LogP contribution in [0.25, 0.3) is 16.6 Å². The number of fused-ring (bicyclic) bond motifs is 5. The maximum atomic E-state index is 14.0. The third-order valence-electron chi connectivity index (χ3n) is 5.66. The van der Waals surface area contributed by atoms with Gasteiger partial charge in [-0.1, -0.05) is 11.6 Å². The Morgan fingerprint density at radius 3 is 2.68 bits per heavy atom. The Hall–Kier alpha value is -2.33. The van der Waals surface area contributed by atoms with Gasteiger partial charge in [-0.3, -0.25) is 0 Å². The first kappa shape index (κ1) is 15.0. The fraction of sp³-hybridized carbons (Fsp3) is 0.333. The molecule has 5 rings (SSSR count). The molecule has 3 heterocycles. The van der Waals surface area contributed by atoms with Gasteiger partial charge in [0.1, 0.15) is 5.82 Å². The second-order valence-electron chi connectivity index (χ2n) is 7.56. The lowest BCUT2D eigenvalue weighted by molar-refractivity contribution is 0.311. The zero-order valence-corrected chi connectivity index (χ0v) is 14.9. The average molecular weight is 335 g/mol. The van der Waals surface area contributed by atoms with E-state index < -0.39 is 0 Å². The minimum Gasteiger partial charge on any atom is -0.368 e. The summed E-state index contributed by atoms with van der Waals surface area (Å²) in [6.45, 7) is 5.01. The molecule has 0 saturated carbocycles. The van der Waals surface area contributed by atoms with Crippen LogP contribution >= 0.6 is 0 Å². The fourth-order valence-corrected chi connectivity index (χ4v) is 4.58. The molecule has 2 aromatic carbocycles. The molecule has 0 aliphatic carbocycles. The molecule has 2 aliphatic heterocycles. The molecule has 25 heavy (non-hydrogen) atoms. The summed E-state index contributed by atoms with van der Waals surface area (Å²) in [5.41, 5.74) is 8.82. The number of aromatic nitrogens is 1. The van der Waals surface area contributed by atoms with Crippen molar-refractivity contribution in [1.82, 2.24) is 9.47 Å². The summed E-state index contributed by atoms with van der Waals surface area (Å²) in [4.78, 5) is 4.55. The van der Waals surface area contributed by atoms with Crippen molar-refractivity contribution in [2.75, 3.05) is 25.5 Å². The predicted octanol–water partition coefficient (Wildman–Crippen LogP) is 4.02. The van der Waals surface area contributed by atoms with Crippen molar-refractivity contribution >= 4 is 16.6 Å². The van der Waals surface area contributed by atoms with Crippen LogP contribution in [0.3, 0.4) is 0 Å². The zero-order chi connectivity index (χ0) is 17.3. The van der Waals surface area contributed by atoms with E-state index in [1.807, 2.05) is 6.07 Å². The topological polar surface area (TPSA) is 11.4 Å². The van der Waals surface area contributed by atoms with Crippen LogP contribution in [-0.4, -0.2) is 30.1 Å². The molecule has 0 atom stereocenters. The van der Waals surface area contributed by atoms with Gasteiger partial charge in [-0.25, -0.2) is 4.39 Å². The fourth-order valence-electron chi connectivity index (χ4n) is 4.58. The van der Waals surface area contributed by atoms with Crippen LogP contribution in [0.2, 0.25) is 0 Å². The van der Waals surface area contributed by atoms with E-state index in [9.17, 15) is 4.39 Å². The second-order valence-corrected chi connectivity index (χ2v) is 7.56. The Kier molecular flexibility index (Phi) is 3.04. The normalized spacial score (nSPS) is 16.7. The van der Waals surface area contributed by atoms with Crippen LogP contribution in [0.4, 0.5) is 10.1 Å². The highest BCUT2D eigenvalue weighted by atomic mass is 19.1. The number of rotatable bonds is 0. The van der Waals surface area contributed by atoms with Gasteiger partial charge in [-0.05, 0) is 49.4 Å². The number of likely N-dealkylation sites (N-methyl/N-ethyl adjacent to an activating group) is 1. The number of aryl methyl sites for hydroxylation is 1. The number of hydrogen-bond donors (Lipinski definition) is 0. The van der Waals surface area contributed by atoms with Gasteiger partial charge >= 0.3 is 0 Å². The second kappa shape index (κ2) is 5.09. The smallest absolute Gasteiger partial charge is 0.125 e. The van der Waals surface area contributed by atoms with Crippen molar-refractivity contribution in [2.24, 2.45) is 0 Å². The molecule has 0 amide bonds. The van der Waals surface area contributed by atoms with E-state index in [4.69, 9.17) is 0 Å². The number of hydrogen-bond acceptors (Lipinski definition) is 2. The number of anilines is 1. The van der Waals surface area contributed by atoms with Gasteiger partial charge < -0.3 is 14.4 Å². The van der Waals surface area contributed by atoms with E-state index in [1.165, 1.54) is 33.3 Å². The first-order valence-electron chi connectivity index (χ1n) is 8.88. The summed E-state index contributed by atoms with van der Waals surface area (Å²) in [5, 5.41) is 1.36. The summed E-state index contributed by atoms with van der Waals surface area (Å²) >= 11 is 0. The molecule has 4 heteroatoms. The van der Waals surface area contributed by atoms with Gasteiger partial charge in [0.25, 0.3) is 0 Å². The summed E-state index contributed by atoms with van der Waals surface area (Å²) in [6.07, 6.45) is 1.03. The Bertz CT molecular complexity index is 1020. The molecule has 0 unspecified atom stereocenters. The molecular weight excluding hydrogens is 313 g/mol. The summed E-state index contributed by atoms with van der Waals surface area (Å²) in [7, 11) is 4.24. The highest BCUT2D eigenvalue weighted by Crippen LogP contribution is 2.41. The lowest BCUT2D eigenvalue weighted by atomic mass is 10.0. The van der Waals surface area contributed by atoms with Crippen molar-refractivity contribution in [3.05, 3.63) is 58.5 Å². The molecule has 128 valence electrons. The van der Waals surface area contributed by atoms with Crippen LogP contribution in [0.15, 0.2) is 30.3 Å². The third-order valence-corrected chi connectivity index (χ3v) is 5.66. The maximum absolute atomic E-state index is 14.0. The average Bonchev–Trinajstić information content (AvgIpc) is 2.82. The number of halogens is 1. The summed E-state index contributed by atoms with van der Waals surface area (Å²) in [6, 6.07) is 9.79.